The quantitative estimate of drug-likeness (QED) is 0.684. The number of carbonyl (C=O) groups is 1. The Morgan fingerprint density at radius 1 is 1.27 bits per heavy atom. The second-order valence-electron chi connectivity index (χ2n) is 5.80. The molecule has 0 bridgehead atoms. The molecule has 1 atom stereocenters. The molecular weight excluding hydrogens is 357 g/mol. The summed E-state index contributed by atoms with van der Waals surface area (Å²) in [5.41, 5.74) is 7.33. The van der Waals surface area contributed by atoms with Crippen LogP contribution in [0.25, 0.3) is 11.0 Å². The van der Waals surface area contributed by atoms with E-state index < -0.39 is 11.7 Å². The number of aromatic nitrogens is 3. The fourth-order valence-electron chi connectivity index (χ4n) is 2.77. The summed E-state index contributed by atoms with van der Waals surface area (Å²) in [6, 6.07) is 5.97. The maximum absolute atomic E-state index is 13.5. The van der Waals surface area contributed by atoms with Crippen LogP contribution in [0.15, 0.2) is 36.8 Å². The first-order valence-corrected chi connectivity index (χ1v) is 8.50. The number of benzene rings is 1. The second kappa shape index (κ2) is 7.61. The van der Waals surface area contributed by atoms with Crippen molar-refractivity contribution in [3.63, 3.8) is 0 Å². The molecule has 1 amide bonds. The molecule has 6 nitrogen and oxygen atoms in total. The van der Waals surface area contributed by atoms with Gasteiger partial charge in [0.1, 0.15) is 23.2 Å². The molecule has 0 fully saturated rings. The van der Waals surface area contributed by atoms with Gasteiger partial charge < -0.3 is 11.1 Å². The molecule has 0 aliphatic heterocycles. The molecular formula is C18H17ClFN5O. The molecule has 0 radical (unpaired) electrons. The summed E-state index contributed by atoms with van der Waals surface area (Å²) >= 11 is 5.92. The number of primary amides is 1. The number of carbonyl (C=O) groups excluding carboxylic acids is 1. The van der Waals surface area contributed by atoms with Crippen LogP contribution in [0.1, 0.15) is 41.7 Å². The molecule has 0 saturated heterocycles. The zero-order valence-corrected chi connectivity index (χ0v) is 14.8. The first-order valence-electron chi connectivity index (χ1n) is 8.12. The predicted octanol–water partition coefficient (Wildman–Crippen LogP) is 3.87. The highest BCUT2D eigenvalue weighted by Gasteiger charge is 2.17. The Morgan fingerprint density at radius 2 is 2.08 bits per heavy atom. The van der Waals surface area contributed by atoms with Gasteiger partial charge in [-0.15, -0.1) is 0 Å². The SMILES string of the molecule is CCC[C@@H](Nc1ncnc2c(C(N)=O)ccnc12)c1ccc(F)c(Cl)c1. The van der Waals surface area contributed by atoms with Gasteiger partial charge in [0.2, 0.25) is 0 Å². The van der Waals surface area contributed by atoms with Gasteiger partial charge in [-0.1, -0.05) is 31.0 Å². The number of halogens is 2. The lowest BCUT2D eigenvalue weighted by molar-refractivity contribution is 0.100. The minimum Gasteiger partial charge on any atom is -0.366 e. The third-order valence-corrected chi connectivity index (χ3v) is 4.31. The molecule has 3 N–H and O–H groups in total. The minimum atomic E-state index is -0.586. The van der Waals surface area contributed by atoms with Gasteiger partial charge in [-0.25, -0.2) is 14.4 Å². The van der Waals surface area contributed by atoms with Crippen molar-refractivity contribution in [2.75, 3.05) is 5.32 Å². The molecule has 0 saturated carbocycles. The Hall–Kier alpha value is -2.80. The Bertz CT molecular complexity index is 965. The molecule has 0 spiro atoms. The number of nitrogens with one attached hydrogen (secondary N) is 1. The van der Waals surface area contributed by atoms with Crippen LogP contribution in [-0.2, 0) is 0 Å². The van der Waals surface area contributed by atoms with Crippen molar-refractivity contribution in [2.45, 2.75) is 25.8 Å². The van der Waals surface area contributed by atoms with Crippen molar-refractivity contribution in [3.05, 3.63) is 58.8 Å². The Morgan fingerprint density at radius 3 is 2.77 bits per heavy atom. The molecule has 1 aromatic carbocycles. The van der Waals surface area contributed by atoms with Crippen molar-refractivity contribution in [3.8, 4) is 0 Å². The summed E-state index contributed by atoms with van der Waals surface area (Å²) in [5, 5.41) is 3.37. The van der Waals surface area contributed by atoms with Crippen molar-refractivity contribution < 1.29 is 9.18 Å². The fourth-order valence-corrected chi connectivity index (χ4v) is 2.96. The van der Waals surface area contributed by atoms with Crippen LogP contribution in [0.5, 0.6) is 0 Å². The third kappa shape index (κ3) is 3.57. The summed E-state index contributed by atoms with van der Waals surface area (Å²) in [7, 11) is 0. The number of pyridine rings is 1. The van der Waals surface area contributed by atoms with Crippen molar-refractivity contribution in [1.82, 2.24) is 15.0 Å². The van der Waals surface area contributed by atoms with Gasteiger partial charge in [0.15, 0.2) is 5.82 Å². The van der Waals surface area contributed by atoms with E-state index in [4.69, 9.17) is 17.3 Å². The van der Waals surface area contributed by atoms with Gasteiger partial charge in [0.25, 0.3) is 5.91 Å². The average Bonchev–Trinajstić information content (AvgIpc) is 2.63. The lowest BCUT2D eigenvalue weighted by Crippen LogP contribution is -2.15. The number of hydrogen-bond donors (Lipinski definition) is 2. The zero-order chi connectivity index (χ0) is 18.7. The van der Waals surface area contributed by atoms with Crippen LogP contribution in [0, 0.1) is 5.82 Å². The topological polar surface area (TPSA) is 93.8 Å². The maximum atomic E-state index is 13.5. The molecule has 3 aromatic rings. The van der Waals surface area contributed by atoms with E-state index in [1.807, 2.05) is 6.92 Å². The number of hydrogen-bond acceptors (Lipinski definition) is 5. The lowest BCUT2D eigenvalue weighted by atomic mass is 10.0. The van der Waals surface area contributed by atoms with Crippen molar-refractivity contribution in [1.29, 1.82) is 0 Å². The molecule has 0 aliphatic rings. The number of nitrogens with two attached hydrogens (primary N) is 1. The number of nitrogens with zero attached hydrogens (tertiary/aromatic N) is 3. The van der Waals surface area contributed by atoms with Gasteiger partial charge in [-0.3, -0.25) is 9.78 Å². The van der Waals surface area contributed by atoms with E-state index in [9.17, 15) is 9.18 Å². The van der Waals surface area contributed by atoms with Gasteiger partial charge in [-0.2, -0.15) is 0 Å². The summed E-state index contributed by atoms with van der Waals surface area (Å²) in [6.45, 7) is 2.04. The molecule has 26 heavy (non-hydrogen) atoms. The van der Waals surface area contributed by atoms with E-state index in [0.717, 1.165) is 18.4 Å². The first kappa shape index (κ1) is 18.0. The second-order valence-corrected chi connectivity index (χ2v) is 6.21. The smallest absolute Gasteiger partial charge is 0.251 e. The predicted molar refractivity (Wildman–Crippen MR) is 98.5 cm³/mol. The largest absolute Gasteiger partial charge is 0.366 e. The Kier molecular flexibility index (Phi) is 5.27. The monoisotopic (exact) mass is 373 g/mol. The van der Waals surface area contributed by atoms with Crippen LogP contribution < -0.4 is 11.1 Å². The van der Waals surface area contributed by atoms with E-state index in [2.05, 4.69) is 20.3 Å². The van der Waals surface area contributed by atoms with Gasteiger partial charge in [0.05, 0.1) is 16.6 Å². The van der Waals surface area contributed by atoms with E-state index in [-0.39, 0.29) is 16.6 Å². The lowest BCUT2D eigenvalue weighted by Gasteiger charge is -2.20. The summed E-state index contributed by atoms with van der Waals surface area (Å²) < 4.78 is 13.5. The highest BCUT2D eigenvalue weighted by atomic mass is 35.5. The van der Waals surface area contributed by atoms with E-state index in [1.54, 1.807) is 12.1 Å². The number of amides is 1. The summed E-state index contributed by atoms with van der Waals surface area (Å²) in [5.74, 6) is -0.583. The third-order valence-electron chi connectivity index (χ3n) is 4.02. The molecule has 8 heteroatoms. The summed E-state index contributed by atoms with van der Waals surface area (Å²) in [4.78, 5) is 24.3. The minimum absolute atomic E-state index is 0.0621. The average molecular weight is 374 g/mol. The van der Waals surface area contributed by atoms with Gasteiger partial charge in [0, 0.05) is 6.20 Å². The van der Waals surface area contributed by atoms with E-state index >= 15 is 0 Å². The fraction of sp³-hybridized carbons (Fsp3) is 0.222. The van der Waals surface area contributed by atoms with Crippen LogP contribution >= 0.6 is 11.6 Å². The van der Waals surface area contributed by atoms with Crippen molar-refractivity contribution in [2.24, 2.45) is 5.73 Å². The van der Waals surface area contributed by atoms with Crippen LogP contribution in [-0.4, -0.2) is 20.9 Å². The van der Waals surface area contributed by atoms with Crippen LogP contribution in [0.4, 0.5) is 10.2 Å². The Labute approximate surface area is 154 Å². The molecule has 2 aromatic heterocycles. The standard InChI is InChI=1S/C18H17ClFN5O/c1-2-3-14(10-4-5-13(20)12(19)8-10)25-18-16-15(23-9-24-18)11(17(21)26)6-7-22-16/h4-9,14H,2-3H2,1H3,(H2,21,26)(H,23,24,25)/t14-/m1/s1. The zero-order valence-electron chi connectivity index (χ0n) is 14.0. The molecule has 3 rings (SSSR count). The molecule has 134 valence electrons. The number of anilines is 1. The van der Waals surface area contributed by atoms with Crippen LogP contribution in [0.3, 0.4) is 0 Å². The first-order chi connectivity index (χ1) is 12.5. The molecule has 2 heterocycles. The summed E-state index contributed by atoms with van der Waals surface area (Å²) in [6.07, 6.45) is 4.48. The van der Waals surface area contributed by atoms with Crippen LogP contribution in [0.2, 0.25) is 5.02 Å². The Balaban J connectivity index is 2.03. The highest BCUT2D eigenvalue weighted by molar-refractivity contribution is 6.30. The van der Waals surface area contributed by atoms with Crippen molar-refractivity contribution >= 4 is 34.4 Å². The number of fused-ring (bicyclic) bond motifs is 1. The van der Waals surface area contributed by atoms with Gasteiger partial charge in [-0.05, 0) is 30.2 Å². The normalized spacial score (nSPS) is 12.1. The van der Waals surface area contributed by atoms with Gasteiger partial charge >= 0.3 is 0 Å². The molecule has 0 aliphatic carbocycles. The maximum Gasteiger partial charge on any atom is 0.251 e. The molecule has 0 unspecified atom stereocenters. The van der Waals surface area contributed by atoms with E-state index in [1.165, 1.54) is 24.7 Å². The van der Waals surface area contributed by atoms with E-state index in [0.29, 0.717) is 16.9 Å². The highest BCUT2D eigenvalue weighted by Crippen LogP contribution is 2.29. The number of rotatable bonds is 6.